The van der Waals surface area contributed by atoms with Crippen LogP contribution in [0.5, 0.6) is 0 Å². The van der Waals surface area contributed by atoms with Gasteiger partial charge in [-0.25, -0.2) is 0 Å². The maximum atomic E-state index is 13.7. The normalized spacial score (nSPS) is 30.3. The molecule has 2 aromatic carbocycles. The van der Waals surface area contributed by atoms with Gasteiger partial charge in [0.1, 0.15) is 0 Å². The Kier molecular flexibility index (Phi) is 6.19. The van der Waals surface area contributed by atoms with Crippen LogP contribution in [0.4, 0.5) is 5.69 Å². The Balaban J connectivity index is 1.14. The van der Waals surface area contributed by atoms with Crippen molar-refractivity contribution in [3.8, 4) is 0 Å². The van der Waals surface area contributed by atoms with Crippen LogP contribution in [0, 0.1) is 29.6 Å². The van der Waals surface area contributed by atoms with E-state index in [4.69, 9.17) is 23.2 Å². The number of fused-ring (bicyclic) bond motifs is 9. The number of H-pyrrole nitrogens is 1. The third-order valence-electron chi connectivity index (χ3n) is 8.73. The van der Waals surface area contributed by atoms with Gasteiger partial charge in [0.2, 0.25) is 17.7 Å². The fourth-order valence-corrected chi connectivity index (χ4v) is 10.5. The lowest BCUT2D eigenvalue weighted by molar-refractivity contribution is -0.141. The highest BCUT2D eigenvalue weighted by atomic mass is 35.5. The second-order valence-electron chi connectivity index (χ2n) is 10.6. The Hall–Kier alpha value is -2.59. The Morgan fingerprint density at radius 3 is 2.28 bits per heavy atom. The number of thiazole rings is 1. The average molecular weight is 601 g/mol. The summed E-state index contributed by atoms with van der Waals surface area (Å²) in [6.07, 6.45) is 0.853. The fraction of sp³-hybridized carbons (Fsp3) is 0.357. The predicted molar refractivity (Wildman–Crippen MR) is 151 cm³/mol. The molecule has 39 heavy (non-hydrogen) atoms. The molecule has 2 N–H and O–H groups in total. The van der Waals surface area contributed by atoms with E-state index in [0.717, 1.165) is 21.9 Å². The molecule has 7 atom stereocenters. The molecular weight excluding hydrogens is 577 g/mol. The topological polar surface area (TPSA) is 99.3 Å². The molecule has 7 unspecified atom stereocenters. The first-order valence-electron chi connectivity index (χ1n) is 12.9. The van der Waals surface area contributed by atoms with Gasteiger partial charge in [-0.05, 0) is 66.1 Å². The van der Waals surface area contributed by atoms with Crippen LogP contribution >= 0.6 is 46.3 Å². The molecular formula is C28H23Cl2N3O4S2. The predicted octanol–water partition coefficient (Wildman–Crippen LogP) is 5.25. The van der Waals surface area contributed by atoms with Gasteiger partial charge in [0, 0.05) is 44.7 Å². The lowest BCUT2D eigenvalue weighted by Gasteiger charge is -2.43. The van der Waals surface area contributed by atoms with E-state index in [1.165, 1.54) is 16.2 Å². The van der Waals surface area contributed by atoms with Crippen molar-refractivity contribution in [3.63, 3.8) is 0 Å². The molecule has 2 saturated carbocycles. The van der Waals surface area contributed by atoms with Gasteiger partial charge in [0.05, 0.1) is 16.9 Å². The van der Waals surface area contributed by atoms with E-state index in [1.807, 2.05) is 24.3 Å². The number of anilines is 1. The van der Waals surface area contributed by atoms with Crippen molar-refractivity contribution in [2.45, 2.75) is 29.0 Å². The summed E-state index contributed by atoms with van der Waals surface area (Å²) in [5, 5.41) is 5.01. The van der Waals surface area contributed by atoms with Crippen molar-refractivity contribution in [2.24, 2.45) is 29.6 Å². The lowest BCUT2D eigenvalue weighted by atomic mass is 9.68. The number of benzene rings is 2. The summed E-state index contributed by atoms with van der Waals surface area (Å²) in [7, 11) is 0. The van der Waals surface area contributed by atoms with E-state index < -0.39 is 0 Å². The summed E-state index contributed by atoms with van der Waals surface area (Å²) in [5.41, 5.74) is 1.68. The molecule has 7 nitrogen and oxygen atoms in total. The number of aromatic nitrogens is 1. The molecule has 1 saturated heterocycles. The molecule has 2 aliphatic carbocycles. The fourth-order valence-electron chi connectivity index (χ4n) is 7.31. The third-order valence-corrected chi connectivity index (χ3v) is 11.8. The maximum absolute atomic E-state index is 13.7. The molecule has 200 valence electrons. The molecule has 3 heterocycles. The third kappa shape index (κ3) is 4.08. The van der Waals surface area contributed by atoms with Crippen LogP contribution in [0.25, 0.3) is 0 Å². The minimum absolute atomic E-state index is 0.0302. The van der Waals surface area contributed by atoms with Crippen molar-refractivity contribution in [1.29, 1.82) is 0 Å². The van der Waals surface area contributed by atoms with E-state index in [-0.39, 0.29) is 76.3 Å². The van der Waals surface area contributed by atoms with Gasteiger partial charge in [-0.15, -0.1) is 11.8 Å². The Labute approximate surface area is 242 Å². The number of aromatic amines is 1. The zero-order chi connectivity index (χ0) is 27.0. The van der Waals surface area contributed by atoms with Gasteiger partial charge in [-0.2, -0.15) is 0 Å². The molecule has 2 bridgehead atoms. The van der Waals surface area contributed by atoms with Gasteiger partial charge in [-0.1, -0.05) is 46.7 Å². The first kappa shape index (κ1) is 25.4. The Morgan fingerprint density at radius 1 is 0.949 bits per heavy atom. The van der Waals surface area contributed by atoms with Gasteiger partial charge >= 0.3 is 4.87 Å². The number of imide groups is 1. The first-order chi connectivity index (χ1) is 18.8. The molecule has 0 radical (unpaired) electrons. The number of carbonyl (C=O) groups excluding carboxylic acids is 3. The number of nitrogens with one attached hydrogen (secondary N) is 2. The standard InChI is InChI=1S/C28H23Cl2N3O4S2/c29-13-3-1-12(2-4-13)19-20-16-11-17(23(20)38-25-24(19)39-28(37)32-25)22-21(16)26(35)33(27(22)36)10-9-18(34)31-15-7-5-14(30)6-8-15/h1-8,16-17,19-23H,9-11H2,(H,31,34)(H,32,37). The van der Waals surface area contributed by atoms with Gasteiger partial charge < -0.3 is 10.3 Å². The number of carbonyl (C=O) groups is 3. The Bertz CT molecular complexity index is 1550. The van der Waals surface area contributed by atoms with Crippen molar-refractivity contribution in [3.05, 3.63) is 78.7 Å². The van der Waals surface area contributed by atoms with Gasteiger partial charge in [0.15, 0.2) is 0 Å². The zero-order valence-corrected chi connectivity index (χ0v) is 23.6. The zero-order valence-electron chi connectivity index (χ0n) is 20.4. The van der Waals surface area contributed by atoms with Crippen LogP contribution in [0.15, 0.2) is 58.4 Å². The van der Waals surface area contributed by atoms with E-state index in [0.29, 0.717) is 15.7 Å². The SMILES string of the molecule is O=C(CCN1C(=O)C2C3CC(C2C1=O)C1C(c2ccc(Cl)cc2)c2sc(=O)[nH]c2SC31)Nc1ccc(Cl)cc1. The molecule has 2 aliphatic heterocycles. The number of halogens is 2. The first-order valence-corrected chi connectivity index (χ1v) is 15.3. The molecule has 3 amide bonds. The summed E-state index contributed by atoms with van der Waals surface area (Å²) < 4.78 is 0. The summed E-state index contributed by atoms with van der Waals surface area (Å²) in [6.45, 7) is 0.0628. The number of thioether (sulfide) groups is 1. The highest BCUT2D eigenvalue weighted by Crippen LogP contribution is 2.68. The lowest BCUT2D eigenvalue weighted by Crippen LogP contribution is -2.42. The molecule has 4 aliphatic rings. The maximum Gasteiger partial charge on any atom is 0.305 e. The number of likely N-dealkylation sites (tertiary alicyclic amines) is 1. The minimum atomic E-state index is -0.379. The number of hydrogen-bond donors (Lipinski definition) is 2. The molecule has 11 heteroatoms. The van der Waals surface area contributed by atoms with E-state index in [9.17, 15) is 19.2 Å². The second kappa shape index (κ2) is 9.51. The number of rotatable bonds is 5. The van der Waals surface area contributed by atoms with E-state index in [1.54, 1.807) is 36.0 Å². The van der Waals surface area contributed by atoms with Crippen LogP contribution in [-0.2, 0) is 14.4 Å². The van der Waals surface area contributed by atoms with Crippen molar-refractivity contribution >= 4 is 69.7 Å². The quantitative estimate of drug-likeness (QED) is 0.390. The number of nitrogens with zero attached hydrogens (tertiary/aromatic N) is 1. The number of hydrogen-bond acceptors (Lipinski definition) is 6. The van der Waals surface area contributed by atoms with Crippen molar-refractivity contribution < 1.29 is 14.4 Å². The summed E-state index contributed by atoms with van der Waals surface area (Å²) >= 11 is 15.0. The highest BCUT2D eigenvalue weighted by molar-refractivity contribution is 8.00. The highest BCUT2D eigenvalue weighted by Gasteiger charge is 2.69. The molecule has 0 spiro atoms. The summed E-state index contributed by atoms with van der Waals surface area (Å²) in [6, 6.07) is 14.5. The van der Waals surface area contributed by atoms with E-state index in [2.05, 4.69) is 10.3 Å². The summed E-state index contributed by atoms with van der Waals surface area (Å²) in [4.78, 5) is 57.4. The minimum Gasteiger partial charge on any atom is -0.326 e. The smallest absolute Gasteiger partial charge is 0.305 e. The largest absolute Gasteiger partial charge is 0.326 e. The monoisotopic (exact) mass is 599 g/mol. The molecule has 3 aromatic rings. The average Bonchev–Trinajstić information content (AvgIpc) is 3.64. The van der Waals surface area contributed by atoms with Crippen LogP contribution in [0.2, 0.25) is 10.0 Å². The molecule has 3 fully saturated rings. The van der Waals surface area contributed by atoms with E-state index >= 15 is 0 Å². The van der Waals surface area contributed by atoms with Crippen LogP contribution in [-0.4, -0.2) is 39.4 Å². The van der Waals surface area contributed by atoms with Crippen molar-refractivity contribution in [2.75, 3.05) is 11.9 Å². The van der Waals surface area contributed by atoms with Crippen LogP contribution in [0.1, 0.15) is 29.2 Å². The summed E-state index contributed by atoms with van der Waals surface area (Å²) in [5.74, 6) is -1.16. The van der Waals surface area contributed by atoms with Crippen LogP contribution in [0.3, 0.4) is 0 Å². The molecule has 7 rings (SSSR count). The number of amides is 3. The molecule has 1 aromatic heterocycles. The second-order valence-corrected chi connectivity index (χ2v) is 13.7. The van der Waals surface area contributed by atoms with Crippen molar-refractivity contribution in [1.82, 2.24) is 9.88 Å². The van der Waals surface area contributed by atoms with Gasteiger partial charge in [0.25, 0.3) is 0 Å². The van der Waals surface area contributed by atoms with Gasteiger partial charge in [-0.3, -0.25) is 24.1 Å². The van der Waals surface area contributed by atoms with Crippen LogP contribution < -0.4 is 10.2 Å². The Morgan fingerprint density at radius 2 is 1.59 bits per heavy atom.